The Kier molecular flexibility index (Phi) is 2.38. The number of rotatable bonds is 1. The molecular weight excluding hydrogens is 204 g/mol. The number of carbonyl (C=O) groups is 1. The van der Waals surface area contributed by atoms with Crippen molar-refractivity contribution in [2.24, 2.45) is 5.41 Å². The highest BCUT2D eigenvalue weighted by molar-refractivity contribution is 5.97. The van der Waals surface area contributed by atoms with Gasteiger partial charge in [-0.1, -0.05) is 20.8 Å². The summed E-state index contributed by atoms with van der Waals surface area (Å²) in [6.45, 7) is 5.60. The zero-order valence-corrected chi connectivity index (χ0v) is 9.56. The molecule has 16 heavy (non-hydrogen) atoms. The molecule has 2 aromatic rings. The molecule has 0 radical (unpaired) electrons. The maximum atomic E-state index is 11.8. The highest BCUT2D eigenvalue weighted by Crippen LogP contribution is 2.19. The SMILES string of the molecule is CC(C)(C)C(=O)Nc1cccn2ncnc12. The van der Waals surface area contributed by atoms with Gasteiger partial charge in [-0.05, 0) is 12.1 Å². The van der Waals surface area contributed by atoms with Gasteiger partial charge in [0.2, 0.25) is 5.91 Å². The Bertz CT molecular complexity index is 524. The molecule has 0 fully saturated rings. The van der Waals surface area contributed by atoms with Crippen LogP contribution in [-0.2, 0) is 4.79 Å². The van der Waals surface area contributed by atoms with Crippen molar-refractivity contribution >= 4 is 17.2 Å². The molecule has 0 aromatic carbocycles. The van der Waals surface area contributed by atoms with Crippen LogP contribution in [-0.4, -0.2) is 20.5 Å². The third-order valence-electron chi connectivity index (χ3n) is 2.23. The lowest BCUT2D eigenvalue weighted by atomic mass is 9.95. The molecule has 0 atom stereocenters. The minimum atomic E-state index is -0.424. The molecule has 0 saturated heterocycles. The van der Waals surface area contributed by atoms with Gasteiger partial charge in [-0.15, -0.1) is 0 Å². The maximum absolute atomic E-state index is 11.8. The normalized spacial score (nSPS) is 11.7. The average Bonchev–Trinajstić information content (AvgIpc) is 2.65. The van der Waals surface area contributed by atoms with E-state index in [1.807, 2.05) is 32.9 Å². The van der Waals surface area contributed by atoms with Crippen LogP contribution in [0.1, 0.15) is 20.8 Å². The third-order valence-corrected chi connectivity index (χ3v) is 2.23. The fraction of sp³-hybridized carbons (Fsp3) is 0.364. The van der Waals surface area contributed by atoms with Gasteiger partial charge in [0, 0.05) is 11.6 Å². The fourth-order valence-corrected chi connectivity index (χ4v) is 1.25. The summed E-state index contributed by atoms with van der Waals surface area (Å²) in [7, 11) is 0. The monoisotopic (exact) mass is 218 g/mol. The van der Waals surface area contributed by atoms with Crippen LogP contribution in [0.3, 0.4) is 0 Å². The molecular formula is C11H14N4O. The third kappa shape index (κ3) is 1.88. The van der Waals surface area contributed by atoms with E-state index < -0.39 is 5.41 Å². The van der Waals surface area contributed by atoms with Gasteiger partial charge in [0.05, 0.1) is 5.69 Å². The zero-order valence-electron chi connectivity index (χ0n) is 9.56. The van der Waals surface area contributed by atoms with Gasteiger partial charge in [0.1, 0.15) is 6.33 Å². The number of hydrogen-bond acceptors (Lipinski definition) is 3. The average molecular weight is 218 g/mol. The summed E-state index contributed by atoms with van der Waals surface area (Å²) in [4.78, 5) is 15.9. The van der Waals surface area contributed by atoms with Crippen LogP contribution in [0, 0.1) is 5.41 Å². The van der Waals surface area contributed by atoms with Gasteiger partial charge in [0.25, 0.3) is 0 Å². The molecule has 5 nitrogen and oxygen atoms in total. The number of anilines is 1. The van der Waals surface area contributed by atoms with Crippen molar-refractivity contribution in [3.63, 3.8) is 0 Å². The topological polar surface area (TPSA) is 59.3 Å². The Balaban J connectivity index is 2.35. The summed E-state index contributed by atoms with van der Waals surface area (Å²) < 4.78 is 1.62. The molecule has 0 unspecified atom stereocenters. The van der Waals surface area contributed by atoms with Crippen LogP contribution < -0.4 is 5.32 Å². The van der Waals surface area contributed by atoms with Crippen molar-refractivity contribution in [1.29, 1.82) is 0 Å². The number of nitrogens with zero attached hydrogens (tertiary/aromatic N) is 3. The Hall–Kier alpha value is -1.91. The zero-order chi connectivity index (χ0) is 11.8. The van der Waals surface area contributed by atoms with Crippen LogP contribution in [0.2, 0.25) is 0 Å². The van der Waals surface area contributed by atoms with E-state index >= 15 is 0 Å². The highest BCUT2D eigenvalue weighted by Gasteiger charge is 2.22. The lowest BCUT2D eigenvalue weighted by molar-refractivity contribution is -0.123. The second-order valence-electron chi connectivity index (χ2n) is 4.65. The number of pyridine rings is 1. The summed E-state index contributed by atoms with van der Waals surface area (Å²) in [6.07, 6.45) is 3.25. The molecule has 0 aliphatic carbocycles. The van der Waals surface area contributed by atoms with E-state index in [9.17, 15) is 4.79 Å². The number of nitrogens with one attached hydrogen (secondary N) is 1. The molecule has 5 heteroatoms. The summed E-state index contributed by atoms with van der Waals surface area (Å²) in [5.41, 5.74) is 0.910. The van der Waals surface area contributed by atoms with Gasteiger partial charge >= 0.3 is 0 Å². The first kappa shape index (κ1) is 10.6. The number of carbonyl (C=O) groups excluding carboxylic acids is 1. The number of fused-ring (bicyclic) bond motifs is 1. The second-order valence-corrected chi connectivity index (χ2v) is 4.65. The van der Waals surface area contributed by atoms with Crippen molar-refractivity contribution in [2.45, 2.75) is 20.8 Å². The fourth-order valence-electron chi connectivity index (χ4n) is 1.25. The molecule has 0 aliphatic rings. The van der Waals surface area contributed by atoms with Gasteiger partial charge in [-0.3, -0.25) is 4.79 Å². The molecule has 1 amide bonds. The van der Waals surface area contributed by atoms with Crippen LogP contribution in [0.25, 0.3) is 5.65 Å². The van der Waals surface area contributed by atoms with Crippen molar-refractivity contribution in [1.82, 2.24) is 14.6 Å². The first-order valence-corrected chi connectivity index (χ1v) is 5.08. The first-order chi connectivity index (χ1) is 7.48. The summed E-state index contributed by atoms with van der Waals surface area (Å²) in [6, 6.07) is 3.63. The Morgan fingerprint density at radius 1 is 1.44 bits per heavy atom. The minimum Gasteiger partial charge on any atom is -0.322 e. The van der Waals surface area contributed by atoms with E-state index in [2.05, 4.69) is 15.4 Å². The van der Waals surface area contributed by atoms with Crippen molar-refractivity contribution in [3.8, 4) is 0 Å². The van der Waals surface area contributed by atoms with E-state index in [0.717, 1.165) is 0 Å². The Morgan fingerprint density at radius 2 is 2.19 bits per heavy atom. The number of hydrogen-bond donors (Lipinski definition) is 1. The van der Waals surface area contributed by atoms with Crippen LogP contribution >= 0.6 is 0 Å². The lowest BCUT2D eigenvalue weighted by Crippen LogP contribution is -2.27. The highest BCUT2D eigenvalue weighted by atomic mass is 16.2. The second kappa shape index (κ2) is 3.59. The smallest absolute Gasteiger partial charge is 0.229 e. The summed E-state index contributed by atoms with van der Waals surface area (Å²) in [5.74, 6) is -0.0383. The quantitative estimate of drug-likeness (QED) is 0.792. The molecule has 1 N–H and O–H groups in total. The van der Waals surface area contributed by atoms with Crippen molar-refractivity contribution in [2.75, 3.05) is 5.32 Å². The maximum Gasteiger partial charge on any atom is 0.229 e. The Morgan fingerprint density at radius 3 is 2.88 bits per heavy atom. The van der Waals surface area contributed by atoms with Gasteiger partial charge < -0.3 is 5.32 Å². The predicted molar refractivity (Wildman–Crippen MR) is 61.1 cm³/mol. The van der Waals surface area contributed by atoms with Gasteiger partial charge in [-0.2, -0.15) is 5.10 Å². The van der Waals surface area contributed by atoms with E-state index in [-0.39, 0.29) is 5.91 Å². The molecule has 0 saturated carbocycles. The van der Waals surface area contributed by atoms with Gasteiger partial charge in [-0.25, -0.2) is 9.50 Å². The molecule has 84 valence electrons. The lowest BCUT2D eigenvalue weighted by Gasteiger charge is -2.17. The summed E-state index contributed by atoms with van der Waals surface area (Å²) >= 11 is 0. The van der Waals surface area contributed by atoms with Crippen LogP contribution in [0.15, 0.2) is 24.7 Å². The molecule has 0 spiro atoms. The number of aromatic nitrogens is 3. The predicted octanol–water partition coefficient (Wildman–Crippen LogP) is 1.71. The van der Waals surface area contributed by atoms with E-state index in [4.69, 9.17) is 0 Å². The van der Waals surface area contributed by atoms with Crippen LogP contribution in [0.4, 0.5) is 5.69 Å². The minimum absolute atomic E-state index is 0.0383. The number of amides is 1. The molecule has 0 aliphatic heterocycles. The standard InChI is InChI=1S/C11H14N4O/c1-11(2,3)10(16)14-8-5-4-6-15-9(8)12-7-13-15/h4-7H,1-3H3,(H,14,16). The molecule has 2 aromatic heterocycles. The van der Waals surface area contributed by atoms with Gasteiger partial charge in [0.15, 0.2) is 5.65 Å². The van der Waals surface area contributed by atoms with Crippen LogP contribution in [0.5, 0.6) is 0 Å². The van der Waals surface area contributed by atoms with E-state index in [1.54, 1.807) is 10.7 Å². The van der Waals surface area contributed by atoms with E-state index in [0.29, 0.717) is 11.3 Å². The summed E-state index contributed by atoms with van der Waals surface area (Å²) in [5, 5.41) is 6.85. The molecule has 2 rings (SSSR count). The molecule has 2 heterocycles. The van der Waals surface area contributed by atoms with Crippen molar-refractivity contribution in [3.05, 3.63) is 24.7 Å². The van der Waals surface area contributed by atoms with Crippen molar-refractivity contribution < 1.29 is 4.79 Å². The first-order valence-electron chi connectivity index (χ1n) is 5.08. The largest absolute Gasteiger partial charge is 0.322 e. The Labute approximate surface area is 93.5 Å². The van der Waals surface area contributed by atoms with E-state index in [1.165, 1.54) is 6.33 Å². The molecule has 0 bridgehead atoms.